The normalized spacial score (nSPS) is 17.8. The number of hydrogen-bond donors (Lipinski definition) is 1. The van der Waals surface area contributed by atoms with E-state index in [4.69, 9.17) is 0 Å². The Morgan fingerprint density at radius 3 is 2.88 bits per heavy atom. The molecular formula is C12H20BrN3. The van der Waals surface area contributed by atoms with Gasteiger partial charge in [-0.2, -0.15) is 5.10 Å². The molecule has 1 heterocycles. The third-order valence-electron chi connectivity index (χ3n) is 3.28. The molecule has 0 aliphatic heterocycles. The van der Waals surface area contributed by atoms with E-state index in [1.54, 1.807) is 0 Å². The van der Waals surface area contributed by atoms with Gasteiger partial charge in [0, 0.05) is 12.7 Å². The van der Waals surface area contributed by atoms with E-state index < -0.39 is 0 Å². The van der Waals surface area contributed by atoms with Crippen molar-refractivity contribution in [2.24, 2.45) is 5.92 Å². The Morgan fingerprint density at radius 2 is 2.19 bits per heavy atom. The molecule has 0 atom stereocenters. The Bertz CT molecular complexity index is 305. The third-order valence-corrected chi connectivity index (χ3v) is 3.69. The van der Waals surface area contributed by atoms with Crippen molar-refractivity contribution in [1.82, 2.24) is 15.1 Å². The van der Waals surface area contributed by atoms with Gasteiger partial charge in [0.25, 0.3) is 0 Å². The molecule has 0 unspecified atom stereocenters. The highest BCUT2D eigenvalue weighted by Crippen LogP contribution is 2.22. The maximum absolute atomic E-state index is 4.23. The summed E-state index contributed by atoms with van der Waals surface area (Å²) in [5.74, 6) is 0.915. The zero-order valence-corrected chi connectivity index (χ0v) is 11.2. The molecule has 1 aromatic heterocycles. The molecule has 1 aromatic rings. The van der Waals surface area contributed by atoms with Crippen LogP contribution in [0.4, 0.5) is 0 Å². The second kappa shape index (κ2) is 6.40. The van der Waals surface area contributed by atoms with Gasteiger partial charge in [-0.15, -0.1) is 0 Å². The van der Waals surface area contributed by atoms with Crippen LogP contribution in [0, 0.1) is 5.92 Å². The van der Waals surface area contributed by atoms with Crippen molar-refractivity contribution in [2.45, 2.75) is 38.6 Å². The van der Waals surface area contributed by atoms with Crippen LogP contribution < -0.4 is 5.32 Å². The van der Waals surface area contributed by atoms with E-state index in [0.29, 0.717) is 0 Å². The quantitative estimate of drug-likeness (QED) is 0.844. The first-order valence-corrected chi connectivity index (χ1v) is 7.02. The smallest absolute Gasteiger partial charge is 0.0632 e. The number of halogens is 1. The average molecular weight is 286 g/mol. The van der Waals surface area contributed by atoms with Gasteiger partial charge in [-0.1, -0.05) is 19.3 Å². The second-order valence-electron chi connectivity index (χ2n) is 4.63. The van der Waals surface area contributed by atoms with Crippen molar-refractivity contribution in [3.63, 3.8) is 0 Å². The maximum Gasteiger partial charge on any atom is 0.0632 e. The van der Waals surface area contributed by atoms with Crippen LogP contribution in [0.5, 0.6) is 0 Å². The van der Waals surface area contributed by atoms with Crippen LogP contribution >= 0.6 is 15.9 Å². The molecule has 4 heteroatoms. The lowest BCUT2D eigenvalue weighted by atomic mass is 9.89. The summed E-state index contributed by atoms with van der Waals surface area (Å²) in [7, 11) is 0. The highest BCUT2D eigenvalue weighted by atomic mass is 79.9. The molecule has 1 aliphatic carbocycles. The maximum atomic E-state index is 4.23. The zero-order chi connectivity index (χ0) is 11.2. The third kappa shape index (κ3) is 3.91. The Morgan fingerprint density at radius 1 is 1.38 bits per heavy atom. The molecule has 16 heavy (non-hydrogen) atoms. The number of nitrogens with zero attached hydrogens (tertiary/aromatic N) is 2. The first-order chi connectivity index (χ1) is 7.84. The summed E-state index contributed by atoms with van der Waals surface area (Å²) in [5.41, 5.74) is 0. The number of hydrogen-bond acceptors (Lipinski definition) is 2. The van der Waals surface area contributed by atoms with Crippen LogP contribution in [0.1, 0.15) is 32.1 Å². The summed E-state index contributed by atoms with van der Waals surface area (Å²) in [6.45, 7) is 3.16. The molecule has 90 valence electrons. The van der Waals surface area contributed by atoms with Crippen LogP contribution in [0.25, 0.3) is 0 Å². The molecule has 1 fully saturated rings. The molecule has 0 aromatic carbocycles. The minimum absolute atomic E-state index is 0.915. The fourth-order valence-corrected chi connectivity index (χ4v) is 2.68. The first kappa shape index (κ1) is 12.1. The van der Waals surface area contributed by atoms with E-state index in [1.165, 1.54) is 38.6 Å². The minimum atomic E-state index is 0.915. The van der Waals surface area contributed by atoms with Crippen molar-refractivity contribution in [3.05, 3.63) is 16.9 Å². The minimum Gasteiger partial charge on any atom is -0.315 e. The van der Waals surface area contributed by atoms with Gasteiger partial charge in [0.1, 0.15) is 0 Å². The number of aromatic nitrogens is 2. The van der Waals surface area contributed by atoms with Gasteiger partial charge >= 0.3 is 0 Å². The van der Waals surface area contributed by atoms with E-state index in [-0.39, 0.29) is 0 Å². The fourth-order valence-electron chi connectivity index (χ4n) is 2.35. The standard InChI is InChI=1S/C12H20BrN3/c13-12-9-15-16(10-12)7-6-14-8-11-4-2-1-3-5-11/h9-11,14H,1-8H2. The molecular weight excluding hydrogens is 266 g/mol. The van der Waals surface area contributed by atoms with Crippen LogP contribution in [0.15, 0.2) is 16.9 Å². The molecule has 3 nitrogen and oxygen atoms in total. The van der Waals surface area contributed by atoms with E-state index in [2.05, 4.69) is 26.3 Å². The fraction of sp³-hybridized carbons (Fsp3) is 0.750. The van der Waals surface area contributed by atoms with E-state index in [1.807, 2.05) is 17.1 Å². The van der Waals surface area contributed by atoms with Gasteiger partial charge in [-0.25, -0.2) is 0 Å². The molecule has 0 spiro atoms. The van der Waals surface area contributed by atoms with Crippen LogP contribution in [0.2, 0.25) is 0 Å². The summed E-state index contributed by atoms with van der Waals surface area (Å²) in [6.07, 6.45) is 11.0. The number of rotatable bonds is 5. The van der Waals surface area contributed by atoms with Gasteiger partial charge in [0.15, 0.2) is 0 Å². The van der Waals surface area contributed by atoms with Gasteiger partial charge in [-0.05, 0) is 41.2 Å². The predicted molar refractivity (Wildman–Crippen MR) is 69.4 cm³/mol. The second-order valence-corrected chi connectivity index (χ2v) is 5.55. The molecule has 1 saturated carbocycles. The van der Waals surface area contributed by atoms with Crippen molar-refractivity contribution >= 4 is 15.9 Å². The van der Waals surface area contributed by atoms with Crippen LogP contribution in [-0.4, -0.2) is 22.9 Å². The monoisotopic (exact) mass is 285 g/mol. The lowest BCUT2D eigenvalue weighted by Crippen LogP contribution is -2.27. The van der Waals surface area contributed by atoms with E-state index in [0.717, 1.165) is 23.5 Å². The average Bonchev–Trinajstić information content (AvgIpc) is 2.72. The van der Waals surface area contributed by atoms with Crippen LogP contribution in [0.3, 0.4) is 0 Å². The molecule has 0 bridgehead atoms. The molecule has 2 rings (SSSR count). The van der Waals surface area contributed by atoms with Crippen molar-refractivity contribution < 1.29 is 0 Å². The van der Waals surface area contributed by atoms with Crippen molar-refractivity contribution in [3.8, 4) is 0 Å². The molecule has 0 amide bonds. The Kier molecular flexibility index (Phi) is 4.85. The Balaban J connectivity index is 1.57. The predicted octanol–water partition coefficient (Wildman–Crippen LogP) is 2.82. The van der Waals surface area contributed by atoms with Gasteiger partial charge < -0.3 is 5.32 Å². The van der Waals surface area contributed by atoms with Gasteiger partial charge in [0.05, 0.1) is 17.2 Å². The molecule has 1 N–H and O–H groups in total. The molecule has 0 radical (unpaired) electrons. The molecule has 1 aliphatic rings. The first-order valence-electron chi connectivity index (χ1n) is 6.23. The zero-order valence-electron chi connectivity index (χ0n) is 9.66. The summed E-state index contributed by atoms with van der Waals surface area (Å²) < 4.78 is 3.03. The summed E-state index contributed by atoms with van der Waals surface area (Å²) >= 11 is 3.40. The van der Waals surface area contributed by atoms with Gasteiger partial charge in [0.2, 0.25) is 0 Å². The summed E-state index contributed by atoms with van der Waals surface area (Å²) in [4.78, 5) is 0. The summed E-state index contributed by atoms with van der Waals surface area (Å²) in [6, 6.07) is 0. The molecule has 0 saturated heterocycles. The lowest BCUT2D eigenvalue weighted by Gasteiger charge is -2.21. The Labute approximate surface area is 106 Å². The Hall–Kier alpha value is -0.350. The highest BCUT2D eigenvalue weighted by Gasteiger charge is 2.12. The van der Waals surface area contributed by atoms with Crippen molar-refractivity contribution in [2.75, 3.05) is 13.1 Å². The van der Waals surface area contributed by atoms with E-state index >= 15 is 0 Å². The van der Waals surface area contributed by atoms with Crippen LogP contribution in [-0.2, 0) is 6.54 Å². The van der Waals surface area contributed by atoms with Crippen molar-refractivity contribution in [1.29, 1.82) is 0 Å². The summed E-state index contributed by atoms with van der Waals surface area (Å²) in [5, 5.41) is 7.77. The van der Waals surface area contributed by atoms with Gasteiger partial charge in [-0.3, -0.25) is 4.68 Å². The highest BCUT2D eigenvalue weighted by molar-refractivity contribution is 9.10. The lowest BCUT2D eigenvalue weighted by molar-refractivity contribution is 0.339. The SMILES string of the molecule is Brc1cnn(CCNCC2CCCCC2)c1. The topological polar surface area (TPSA) is 29.9 Å². The largest absolute Gasteiger partial charge is 0.315 e. The number of nitrogens with one attached hydrogen (secondary N) is 1. The van der Waals surface area contributed by atoms with E-state index in [9.17, 15) is 0 Å².